The molecule has 0 radical (unpaired) electrons. The van der Waals surface area contributed by atoms with E-state index in [-0.39, 0.29) is 47.6 Å². The largest absolute Gasteiger partial charge is 0.458 e. The number of aliphatic hydroxyl groups excluding tert-OH is 1. The quantitative estimate of drug-likeness (QED) is 0.481. The summed E-state index contributed by atoms with van der Waals surface area (Å²) in [5.41, 5.74) is 0.440. The van der Waals surface area contributed by atoms with Gasteiger partial charge in [0.25, 0.3) is 0 Å². The molecular formula is C26H40N2O4S. The molecule has 0 aliphatic heterocycles. The van der Waals surface area contributed by atoms with E-state index in [0.717, 1.165) is 30.0 Å². The highest BCUT2D eigenvalue weighted by molar-refractivity contribution is 7.11. The van der Waals surface area contributed by atoms with E-state index in [9.17, 15) is 14.7 Å². The standard InChI is InChI=1S/C26H40N2O4S/c1-9-12-28(8)23(30)15(2)17-10-11-26(7)13-18-21(16(3)20(26)22(17)29)27-19(33-18)14-32-24(31)25(4,5)6/h9,15-17,20,22,29H,1,10-14H2,2-8H3. The Hall–Kier alpha value is -1.73. The summed E-state index contributed by atoms with van der Waals surface area (Å²) in [6.45, 7) is 16.3. The predicted molar refractivity (Wildman–Crippen MR) is 131 cm³/mol. The van der Waals surface area contributed by atoms with E-state index >= 15 is 0 Å². The second kappa shape index (κ2) is 9.49. The van der Waals surface area contributed by atoms with Crippen LogP contribution in [0.2, 0.25) is 0 Å². The highest BCUT2D eigenvalue weighted by Crippen LogP contribution is 2.57. The van der Waals surface area contributed by atoms with Crippen molar-refractivity contribution in [3.8, 4) is 0 Å². The Balaban J connectivity index is 1.79. The summed E-state index contributed by atoms with van der Waals surface area (Å²) in [4.78, 5) is 32.9. The van der Waals surface area contributed by atoms with E-state index in [1.165, 1.54) is 4.88 Å². The Kier molecular flexibility index (Phi) is 7.45. The van der Waals surface area contributed by atoms with E-state index in [2.05, 4.69) is 20.4 Å². The number of fused-ring (bicyclic) bond motifs is 2. The molecule has 0 saturated heterocycles. The van der Waals surface area contributed by atoms with Crippen LogP contribution in [0.4, 0.5) is 0 Å². The van der Waals surface area contributed by atoms with Crippen LogP contribution >= 0.6 is 11.3 Å². The fourth-order valence-electron chi connectivity index (χ4n) is 5.82. The highest BCUT2D eigenvalue weighted by Gasteiger charge is 2.54. The van der Waals surface area contributed by atoms with Crippen molar-refractivity contribution in [2.24, 2.45) is 28.6 Å². The van der Waals surface area contributed by atoms with Crippen LogP contribution in [0, 0.1) is 28.6 Å². The lowest BCUT2D eigenvalue weighted by Crippen LogP contribution is -2.53. The molecule has 1 aromatic heterocycles. The number of aromatic nitrogens is 1. The zero-order valence-electron chi connectivity index (χ0n) is 21.2. The molecule has 33 heavy (non-hydrogen) atoms. The smallest absolute Gasteiger partial charge is 0.311 e. The monoisotopic (exact) mass is 476 g/mol. The molecule has 2 aliphatic carbocycles. The molecule has 2 aliphatic rings. The predicted octanol–water partition coefficient (Wildman–Crippen LogP) is 4.57. The van der Waals surface area contributed by atoms with Gasteiger partial charge in [0.05, 0.1) is 17.2 Å². The van der Waals surface area contributed by atoms with Crippen molar-refractivity contribution >= 4 is 23.2 Å². The number of carbonyl (C=O) groups is 2. The number of nitrogens with zero attached hydrogens (tertiary/aromatic N) is 2. The number of carbonyl (C=O) groups excluding carboxylic acids is 2. The van der Waals surface area contributed by atoms with Crippen LogP contribution in [0.3, 0.4) is 0 Å². The maximum absolute atomic E-state index is 12.9. The third kappa shape index (κ3) is 5.04. The summed E-state index contributed by atoms with van der Waals surface area (Å²) >= 11 is 1.63. The summed E-state index contributed by atoms with van der Waals surface area (Å²) in [6, 6.07) is 0. The van der Waals surface area contributed by atoms with Crippen molar-refractivity contribution in [1.29, 1.82) is 0 Å². The molecule has 6 unspecified atom stereocenters. The number of aliphatic hydroxyl groups is 1. The maximum atomic E-state index is 12.9. The third-order valence-electron chi connectivity index (χ3n) is 7.72. The molecule has 3 rings (SSSR count). The number of hydrogen-bond donors (Lipinski definition) is 1. The van der Waals surface area contributed by atoms with Crippen LogP contribution in [-0.2, 0) is 27.4 Å². The third-order valence-corrected chi connectivity index (χ3v) is 8.76. The van der Waals surface area contributed by atoms with Gasteiger partial charge in [-0.15, -0.1) is 17.9 Å². The van der Waals surface area contributed by atoms with Gasteiger partial charge in [0.15, 0.2) is 0 Å². The van der Waals surface area contributed by atoms with Crippen LogP contribution in [0.1, 0.15) is 75.9 Å². The molecule has 1 aromatic rings. The Morgan fingerprint density at radius 2 is 2.09 bits per heavy atom. The maximum Gasteiger partial charge on any atom is 0.311 e. The van der Waals surface area contributed by atoms with Gasteiger partial charge in [0.1, 0.15) is 11.6 Å². The number of ether oxygens (including phenoxy) is 1. The first-order chi connectivity index (χ1) is 15.3. The molecule has 1 saturated carbocycles. The molecule has 1 amide bonds. The van der Waals surface area contributed by atoms with Gasteiger partial charge in [-0.05, 0) is 57.3 Å². The SMILES string of the molecule is C=CCN(C)C(=O)C(C)C1CCC2(C)Cc3sc(COC(=O)C(C)(C)C)nc3C(C)C2C1O. The first kappa shape index (κ1) is 25.9. The van der Waals surface area contributed by atoms with Crippen LogP contribution in [0.15, 0.2) is 12.7 Å². The second-order valence-corrected chi connectivity index (χ2v) is 12.5. The van der Waals surface area contributed by atoms with Gasteiger partial charge >= 0.3 is 5.97 Å². The summed E-state index contributed by atoms with van der Waals surface area (Å²) in [5, 5.41) is 12.4. The molecule has 0 bridgehead atoms. The number of amides is 1. The summed E-state index contributed by atoms with van der Waals surface area (Å²) < 4.78 is 5.50. The average Bonchev–Trinajstić information content (AvgIpc) is 3.13. The van der Waals surface area contributed by atoms with Crippen molar-refractivity contribution in [3.63, 3.8) is 0 Å². The minimum atomic E-state index is -0.563. The van der Waals surface area contributed by atoms with Gasteiger partial charge < -0.3 is 14.7 Å². The zero-order chi connectivity index (χ0) is 24.7. The Morgan fingerprint density at radius 1 is 1.42 bits per heavy atom. The summed E-state index contributed by atoms with van der Waals surface area (Å²) in [5.74, 6) is -0.376. The Bertz CT molecular complexity index is 905. The fourth-order valence-corrected chi connectivity index (χ4v) is 7.10. The highest BCUT2D eigenvalue weighted by atomic mass is 32.1. The van der Waals surface area contributed by atoms with Crippen LogP contribution < -0.4 is 0 Å². The lowest BCUT2D eigenvalue weighted by molar-refractivity contribution is -0.154. The topological polar surface area (TPSA) is 79.7 Å². The Labute approximate surface area is 202 Å². The normalized spacial score (nSPS) is 30.1. The van der Waals surface area contributed by atoms with E-state index in [0.29, 0.717) is 6.54 Å². The van der Waals surface area contributed by atoms with Gasteiger partial charge in [-0.3, -0.25) is 9.59 Å². The summed E-state index contributed by atoms with van der Waals surface area (Å²) in [7, 11) is 1.79. The number of esters is 1. The van der Waals surface area contributed by atoms with Gasteiger partial charge in [-0.25, -0.2) is 4.98 Å². The fraction of sp³-hybridized carbons (Fsp3) is 0.731. The molecule has 184 valence electrons. The molecule has 0 aromatic carbocycles. The molecule has 1 heterocycles. The van der Waals surface area contributed by atoms with Crippen molar-refractivity contribution in [2.45, 2.75) is 79.4 Å². The van der Waals surface area contributed by atoms with Crippen molar-refractivity contribution in [2.75, 3.05) is 13.6 Å². The lowest BCUT2D eigenvalue weighted by atomic mass is 9.53. The molecule has 6 nitrogen and oxygen atoms in total. The first-order valence-electron chi connectivity index (χ1n) is 12.0. The van der Waals surface area contributed by atoms with E-state index < -0.39 is 11.5 Å². The van der Waals surface area contributed by atoms with Gasteiger partial charge in [-0.2, -0.15) is 0 Å². The lowest BCUT2D eigenvalue weighted by Gasteiger charge is -2.53. The Morgan fingerprint density at radius 3 is 2.70 bits per heavy atom. The van der Waals surface area contributed by atoms with Gasteiger partial charge in [0.2, 0.25) is 5.91 Å². The molecule has 6 atom stereocenters. The first-order valence-corrected chi connectivity index (χ1v) is 12.8. The van der Waals surface area contributed by atoms with E-state index in [1.807, 2.05) is 27.7 Å². The van der Waals surface area contributed by atoms with E-state index in [1.54, 1.807) is 29.4 Å². The number of rotatable bonds is 6. The van der Waals surface area contributed by atoms with Crippen molar-refractivity contribution in [3.05, 3.63) is 28.2 Å². The van der Waals surface area contributed by atoms with Gasteiger partial charge in [0, 0.05) is 30.3 Å². The minimum absolute atomic E-state index is 0.0377. The van der Waals surface area contributed by atoms with Crippen LogP contribution in [0.5, 0.6) is 0 Å². The molecule has 1 fully saturated rings. The number of thiazole rings is 1. The van der Waals surface area contributed by atoms with Gasteiger partial charge in [-0.1, -0.05) is 26.8 Å². The second-order valence-electron chi connectivity index (χ2n) is 11.4. The van der Waals surface area contributed by atoms with Crippen LogP contribution in [-0.4, -0.2) is 46.6 Å². The number of hydrogen-bond acceptors (Lipinski definition) is 6. The molecule has 0 spiro atoms. The molecular weight excluding hydrogens is 436 g/mol. The molecule has 7 heteroatoms. The molecule has 1 N–H and O–H groups in total. The van der Waals surface area contributed by atoms with E-state index in [4.69, 9.17) is 9.72 Å². The van der Waals surface area contributed by atoms with Crippen molar-refractivity contribution < 1.29 is 19.4 Å². The minimum Gasteiger partial charge on any atom is -0.458 e. The average molecular weight is 477 g/mol. The van der Waals surface area contributed by atoms with Crippen molar-refractivity contribution in [1.82, 2.24) is 9.88 Å². The van der Waals surface area contributed by atoms with Crippen LogP contribution in [0.25, 0.3) is 0 Å². The zero-order valence-corrected chi connectivity index (χ0v) is 22.0. The summed E-state index contributed by atoms with van der Waals surface area (Å²) in [6.07, 6.45) is 3.83. The number of likely N-dealkylation sites (N-methyl/N-ethyl adjacent to an activating group) is 1.